The first-order chi connectivity index (χ1) is 9.13. The van der Waals surface area contributed by atoms with E-state index in [2.05, 4.69) is 75.0 Å². The quantitative estimate of drug-likeness (QED) is 0.564. The largest absolute Gasteiger partial charge is 0.378 e. The smallest absolute Gasteiger partial charge is 0.0660 e. The molecule has 1 nitrogen and oxygen atoms in total. The van der Waals surface area contributed by atoms with Crippen LogP contribution in [-0.4, -0.2) is 0 Å². The molecule has 1 N–H and O–H groups in total. The first kappa shape index (κ1) is 13.9. The molecule has 1 aliphatic rings. The van der Waals surface area contributed by atoms with Gasteiger partial charge >= 0.3 is 0 Å². The Morgan fingerprint density at radius 3 is 3.00 bits per heavy atom. The van der Waals surface area contributed by atoms with E-state index < -0.39 is 0 Å². The highest BCUT2D eigenvalue weighted by Crippen LogP contribution is 2.38. The van der Waals surface area contributed by atoms with E-state index >= 15 is 0 Å². The molecule has 1 heterocycles. The molecule has 0 amide bonds. The van der Waals surface area contributed by atoms with Gasteiger partial charge in [-0.15, -0.1) is 11.3 Å². The molecule has 19 heavy (non-hydrogen) atoms. The van der Waals surface area contributed by atoms with E-state index in [1.54, 1.807) is 4.88 Å². The van der Waals surface area contributed by atoms with Crippen LogP contribution in [0.1, 0.15) is 34.9 Å². The third-order valence-corrected chi connectivity index (χ3v) is 6.44. The number of rotatable bonds is 2. The molecule has 4 heteroatoms. The molecule has 1 aromatic carbocycles. The predicted octanol–water partition coefficient (Wildman–Crippen LogP) is 5.91. The Morgan fingerprint density at radius 1 is 1.37 bits per heavy atom. The van der Waals surface area contributed by atoms with Crippen molar-refractivity contribution in [3.05, 3.63) is 47.6 Å². The van der Waals surface area contributed by atoms with Crippen molar-refractivity contribution in [2.45, 2.75) is 32.2 Å². The zero-order valence-electron chi connectivity index (χ0n) is 10.7. The van der Waals surface area contributed by atoms with Gasteiger partial charge in [0, 0.05) is 15.0 Å². The molecule has 2 aromatic rings. The third-order valence-electron chi connectivity index (χ3n) is 3.58. The van der Waals surface area contributed by atoms with Gasteiger partial charge in [-0.1, -0.05) is 15.9 Å². The maximum atomic E-state index is 3.70. The maximum absolute atomic E-state index is 3.70. The highest BCUT2D eigenvalue weighted by atomic mass is 127. The van der Waals surface area contributed by atoms with Crippen LogP contribution in [0.25, 0.3) is 0 Å². The van der Waals surface area contributed by atoms with E-state index in [1.165, 1.54) is 43.4 Å². The van der Waals surface area contributed by atoms with Gasteiger partial charge in [-0.2, -0.15) is 0 Å². The van der Waals surface area contributed by atoms with E-state index in [4.69, 9.17) is 0 Å². The number of anilines is 1. The minimum Gasteiger partial charge on any atom is -0.378 e. The van der Waals surface area contributed by atoms with Crippen molar-refractivity contribution in [2.24, 2.45) is 0 Å². The molecular weight excluding hydrogens is 433 g/mol. The Labute approximate surface area is 140 Å². The van der Waals surface area contributed by atoms with Crippen LogP contribution in [-0.2, 0) is 6.42 Å². The Bertz CT molecular complexity index is 608. The number of thiophene rings is 1. The second-order valence-electron chi connectivity index (χ2n) is 4.98. The molecule has 0 aliphatic heterocycles. The van der Waals surface area contributed by atoms with Crippen molar-refractivity contribution < 1.29 is 0 Å². The second kappa shape index (κ2) is 5.74. The highest BCUT2D eigenvalue weighted by molar-refractivity contribution is 14.1. The topological polar surface area (TPSA) is 12.0 Å². The van der Waals surface area contributed by atoms with Gasteiger partial charge in [-0.25, -0.2) is 0 Å². The lowest BCUT2D eigenvalue weighted by molar-refractivity contribution is 0.609. The Kier molecular flexibility index (Phi) is 4.19. The summed E-state index contributed by atoms with van der Waals surface area (Å²) in [6, 6.07) is 9.32. The van der Waals surface area contributed by atoms with Gasteiger partial charge in [0.25, 0.3) is 0 Å². The van der Waals surface area contributed by atoms with E-state index in [9.17, 15) is 0 Å². The highest BCUT2D eigenvalue weighted by Gasteiger charge is 2.22. The third kappa shape index (κ3) is 3.00. The van der Waals surface area contributed by atoms with Crippen LogP contribution in [0.3, 0.4) is 0 Å². The van der Waals surface area contributed by atoms with Crippen LogP contribution in [0.5, 0.6) is 0 Å². The summed E-state index contributed by atoms with van der Waals surface area (Å²) in [6.07, 6.45) is 3.77. The van der Waals surface area contributed by atoms with Gasteiger partial charge in [-0.3, -0.25) is 0 Å². The second-order valence-corrected chi connectivity index (χ2v) is 8.87. The van der Waals surface area contributed by atoms with Gasteiger partial charge in [0.15, 0.2) is 0 Å². The van der Waals surface area contributed by atoms with Crippen molar-refractivity contribution in [3.63, 3.8) is 0 Å². The monoisotopic (exact) mass is 447 g/mol. The lowest BCUT2D eigenvalue weighted by Crippen LogP contribution is -2.15. The molecule has 1 aromatic heterocycles. The average Bonchev–Trinajstić information content (AvgIpc) is 2.75. The molecular formula is C15H15BrINS. The van der Waals surface area contributed by atoms with Crippen molar-refractivity contribution in [2.75, 3.05) is 5.32 Å². The number of benzene rings is 1. The molecule has 0 bridgehead atoms. The van der Waals surface area contributed by atoms with Crippen molar-refractivity contribution in [1.82, 2.24) is 0 Å². The minimum absolute atomic E-state index is 0.476. The molecule has 0 fully saturated rings. The number of nitrogens with one attached hydrogen (secondary N) is 1. The average molecular weight is 448 g/mol. The summed E-state index contributed by atoms with van der Waals surface area (Å²) >= 11 is 7.94. The number of hydrogen-bond donors (Lipinski definition) is 1. The van der Waals surface area contributed by atoms with Crippen molar-refractivity contribution in [1.29, 1.82) is 0 Å². The fourth-order valence-electron chi connectivity index (χ4n) is 2.61. The molecule has 1 aliphatic carbocycles. The summed E-state index contributed by atoms with van der Waals surface area (Å²) in [6.45, 7) is 2.13. The normalized spacial score (nSPS) is 18.2. The Balaban J connectivity index is 1.86. The molecule has 3 rings (SSSR count). The Morgan fingerprint density at radius 2 is 2.21 bits per heavy atom. The summed E-state index contributed by atoms with van der Waals surface area (Å²) in [7, 11) is 0. The summed E-state index contributed by atoms with van der Waals surface area (Å²) in [5.41, 5.74) is 4.02. The molecule has 0 radical (unpaired) electrons. The van der Waals surface area contributed by atoms with Gasteiger partial charge in [0.1, 0.15) is 0 Å². The minimum atomic E-state index is 0.476. The lowest BCUT2D eigenvalue weighted by Gasteiger charge is -2.25. The number of aryl methyl sites for hydroxylation is 2. The van der Waals surface area contributed by atoms with Crippen molar-refractivity contribution in [3.8, 4) is 0 Å². The summed E-state index contributed by atoms with van der Waals surface area (Å²) in [5, 5.41) is 3.70. The van der Waals surface area contributed by atoms with Crippen LogP contribution in [0.2, 0.25) is 0 Å². The first-order valence-electron chi connectivity index (χ1n) is 6.44. The first-order valence-corrected chi connectivity index (χ1v) is 9.13. The van der Waals surface area contributed by atoms with E-state index in [1.807, 2.05) is 11.3 Å². The fourth-order valence-corrected chi connectivity index (χ4v) is 4.97. The standard InChI is InChI=1S/C15H15BrINS/c1-9-7-10(5-6-12(9)16)18-13-3-2-4-14-11(13)8-15(17)19-14/h5-8,13,18H,2-4H2,1H3. The Hall–Kier alpha value is -0.0700. The number of fused-ring (bicyclic) bond motifs is 1. The summed E-state index contributed by atoms with van der Waals surface area (Å²) in [5.74, 6) is 0. The van der Waals surface area contributed by atoms with E-state index in [-0.39, 0.29) is 0 Å². The zero-order chi connectivity index (χ0) is 13.4. The van der Waals surface area contributed by atoms with Crippen LogP contribution >= 0.6 is 49.9 Å². The maximum Gasteiger partial charge on any atom is 0.0660 e. The summed E-state index contributed by atoms with van der Waals surface area (Å²) < 4.78 is 2.58. The molecule has 0 saturated carbocycles. The van der Waals surface area contributed by atoms with Crippen LogP contribution in [0, 0.1) is 9.81 Å². The number of halogens is 2. The van der Waals surface area contributed by atoms with Crippen molar-refractivity contribution >= 4 is 55.5 Å². The van der Waals surface area contributed by atoms with Crippen LogP contribution < -0.4 is 5.32 Å². The molecule has 0 spiro atoms. The summed E-state index contributed by atoms with van der Waals surface area (Å²) in [4.78, 5) is 1.57. The van der Waals surface area contributed by atoms with Gasteiger partial charge < -0.3 is 5.32 Å². The molecule has 1 atom stereocenters. The van der Waals surface area contributed by atoms with Crippen LogP contribution in [0.15, 0.2) is 28.7 Å². The molecule has 1 unspecified atom stereocenters. The number of hydrogen-bond acceptors (Lipinski definition) is 2. The lowest BCUT2D eigenvalue weighted by atomic mass is 9.94. The van der Waals surface area contributed by atoms with E-state index in [0.717, 1.165) is 0 Å². The van der Waals surface area contributed by atoms with Gasteiger partial charge in [0.2, 0.25) is 0 Å². The SMILES string of the molecule is Cc1cc(NC2CCCc3sc(I)cc32)ccc1Br. The molecule has 100 valence electrons. The van der Waals surface area contributed by atoms with Gasteiger partial charge in [0.05, 0.1) is 8.93 Å². The van der Waals surface area contributed by atoms with Crippen LogP contribution in [0.4, 0.5) is 5.69 Å². The fraction of sp³-hybridized carbons (Fsp3) is 0.333. The predicted molar refractivity (Wildman–Crippen MR) is 95.2 cm³/mol. The van der Waals surface area contributed by atoms with Gasteiger partial charge in [-0.05, 0) is 84.2 Å². The zero-order valence-corrected chi connectivity index (χ0v) is 15.2. The molecule has 0 saturated heterocycles. The van der Waals surface area contributed by atoms with E-state index in [0.29, 0.717) is 6.04 Å².